The quantitative estimate of drug-likeness (QED) is 0.491. The molecule has 0 spiro atoms. The van der Waals surface area contributed by atoms with E-state index in [2.05, 4.69) is 23.3 Å². The third kappa shape index (κ3) is 3.49. The number of benzene rings is 2. The van der Waals surface area contributed by atoms with Gasteiger partial charge < -0.3 is 10.3 Å². The van der Waals surface area contributed by atoms with E-state index < -0.39 is 5.91 Å². The zero-order chi connectivity index (χ0) is 18.7. The number of amides is 1. The number of anilines is 1. The lowest BCUT2D eigenvalue weighted by Gasteiger charge is -2.08. The molecule has 130 valence electrons. The molecule has 0 saturated heterocycles. The summed E-state index contributed by atoms with van der Waals surface area (Å²) in [6.07, 6.45) is 4.33. The monoisotopic (exact) mass is 363 g/mol. The number of carbonyl (C=O) groups excluding carboxylic acids is 1. The molecule has 3 rings (SSSR count). The van der Waals surface area contributed by atoms with Crippen molar-refractivity contribution < 1.29 is 4.79 Å². The van der Waals surface area contributed by atoms with E-state index in [1.165, 1.54) is 5.56 Å². The van der Waals surface area contributed by atoms with E-state index in [1.807, 2.05) is 37.4 Å². The molecule has 0 atom stereocenters. The molecular formula is C21H18ClN3O. The third-order valence-electron chi connectivity index (χ3n) is 4.33. The second-order valence-corrected chi connectivity index (χ2v) is 6.46. The first-order chi connectivity index (χ1) is 12.5. The number of hydrogen-bond acceptors (Lipinski definition) is 2. The Balaban J connectivity index is 1.95. The number of nitrogens with zero attached hydrogens (tertiary/aromatic N) is 1. The molecule has 0 bridgehead atoms. The second-order valence-electron chi connectivity index (χ2n) is 6.02. The fourth-order valence-corrected chi connectivity index (χ4v) is 3.05. The van der Waals surface area contributed by atoms with Crippen LogP contribution in [0, 0.1) is 18.3 Å². The molecule has 0 unspecified atom stereocenters. The van der Waals surface area contributed by atoms with Gasteiger partial charge in [0.1, 0.15) is 11.6 Å². The number of aryl methyl sites for hydroxylation is 2. The van der Waals surface area contributed by atoms with Gasteiger partial charge in [0.2, 0.25) is 0 Å². The summed E-state index contributed by atoms with van der Waals surface area (Å²) in [6, 6.07) is 13.3. The molecule has 4 nitrogen and oxygen atoms in total. The van der Waals surface area contributed by atoms with Gasteiger partial charge in [-0.05, 0) is 42.7 Å². The highest BCUT2D eigenvalue weighted by Crippen LogP contribution is 2.25. The Labute approximate surface area is 157 Å². The van der Waals surface area contributed by atoms with E-state index >= 15 is 0 Å². The molecule has 0 radical (unpaired) electrons. The summed E-state index contributed by atoms with van der Waals surface area (Å²) in [6.45, 7) is 3.96. The molecule has 5 heteroatoms. The summed E-state index contributed by atoms with van der Waals surface area (Å²) >= 11 is 5.99. The van der Waals surface area contributed by atoms with Gasteiger partial charge in [-0.3, -0.25) is 4.79 Å². The Bertz CT molecular complexity index is 1060. The Kier molecular flexibility index (Phi) is 5.11. The van der Waals surface area contributed by atoms with Crippen LogP contribution in [-0.2, 0) is 11.2 Å². The fraction of sp³-hybridized carbons (Fsp3) is 0.143. The van der Waals surface area contributed by atoms with Crippen LogP contribution < -0.4 is 5.32 Å². The molecule has 0 aliphatic carbocycles. The van der Waals surface area contributed by atoms with Gasteiger partial charge in [-0.25, -0.2) is 0 Å². The van der Waals surface area contributed by atoms with E-state index in [1.54, 1.807) is 18.2 Å². The topological polar surface area (TPSA) is 68.7 Å². The molecular weight excluding hydrogens is 346 g/mol. The highest BCUT2D eigenvalue weighted by molar-refractivity contribution is 6.31. The van der Waals surface area contributed by atoms with Gasteiger partial charge in [0, 0.05) is 33.4 Å². The minimum absolute atomic E-state index is 0.0344. The Hall–Kier alpha value is -3.03. The van der Waals surface area contributed by atoms with Crippen molar-refractivity contribution in [3.8, 4) is 6.07 Å². The van der Waals surface area contributed by atoms with Crippen molar-refractivity contribution in [3.05, 3.63) is 69.9 Å². The number of carbonyl (C=O) groups is 1. The van der Waals surface area contributed by atoms with Crippen LogP contribution in [0.3, 0.4) is 0 Å². The first-order valence-electron chi connectivity index (χ1n) is 8.31. The minimum atomic E-state index is -0.459. The molecule has 2 aromatic carbocycles. The Morgan fingerprint density at radius 3 is 2.88 bits per heavy atom. The van der Waals surface area contributed by atoms with Crippen LogP contribution >= 0.6 is 11.6 Å². The van der Waals surface area contributed by atoms with Crippen molar-refractivity contribution in [2.75, 3.05) is 5.32 Å². The van der Waals surface area contributed by atoms with Gasteiger partial charge in [-0.1, -0.05) is 42.8 Å². The third-order valence-corrected chi connectivity index (χ3v) is 4.56. The molecule has 0 aliphatic heterocycles. The van der Waals surface area contributed by atoms with E-state index in [4.69, 9.17) is 11.6 Å². The average molecular weight is 364 g/mol. The van der Waals surface area contributed by atoms with E-state index in [9.17, 15) is 10.1 Å². The number of fused-ring (bicyclic) bond motifs is 1. The number of nitrogens with one attached hydrogen (secondary N) is 2. The van der Waals surface area contributed by atoms with E-state index in [0.29, 0.717) is 10.7 Å². The SMILES string of the molecule is CCc1cccc2c(/C=C(\C#N)C(=O)Nc3cc(Cl)ccc3C)c[nH]c12. The lowest BCUT2D eigenvalue weighted by molar-refractivity contribution is -0.112. The molecule has 0 aliphatic rings. The Morgan fingerprint density at radius 2 is 2.15 bits per heavy atom. The van der Waals surface area contributed by atoms with Crippen LogP contribution in [0.1, 0.15) is 23.6 Å². The summed E-state index contributed by atoms with van der Waals surface area (Å²) in [5, 5.41) is 13.7. The van der Waals surface area contributed by atoms with Crippen molar-refractivity contribution in [1.29, 1.82) is 5.26 Å². The summed E-state index contributed by atoms with van der Waals surface area (Å²) < 4.78 is 0. The molecule has 26 heavy (non-hydrogen) atoms. The highest BCUT2D eigenvalue weighted by atomic mass is 35.5. The first-order valence-corrected chi connectivity index (χ1v) is 8.69. The molecule has 3 aromatic rings. The van der Waals surface area contributed by atoms with E-state index in [0.717, 1.165) is 28.5 Å². The number of H-pyrrole nitrogens is 1. The van der Waals surface area contributed by atoms with Crippen LogP contribution in [0.5, 0.6) is 0 Å². The molecule has 0 fully saturated rings. The molecule has 1 amide bonds. The predicted octanol–water partition coefficient (Wildman–Crippen LogP) is 5.24. The summed E-state index contributed by atoms with van der Waals surface area (Å²) in [5.41, 5.74) is 4.54. The maximum atomic E-state index is 12.5. The van der Waals surface area contributed by atoms with Crippen molar-refractivity contribution in [2.24, 2.45) is 0 Å². The van der Waals surface area contributed by atoms with Gasteiger partial charge in [0.25, 0.3) is 5.91 Å². The maximum Gasteiger partial charge on any atom is 0.266 e. The standard InChI is InChI=1S/C21H18ClN3O/c1-3-14-5-4-6-18-16(12-24-20(14)18)9-15(11-23)21(26)25-19-10-17(22)8-7-13(19)2/h4-10,12,24H,3H2,1-2H3,(H,25,26)/b15-9+. The van der Waals surface area contributed by atoms with E-state index in [-0.39, 0.29) is 5.57 Å². The highest BCUT2D eigenvalue weighted by Gasteiger charge is 2.13. The van der Waals surface area contributed by atoms with Gasteiger partial charge in [-0.2, -0.15) is 5.26 Å². The molecule has 0 saturated carbocycles. The minimum Gasteiger partial charge on any atom is -0.360 e. The largest absolute Gasteiger partial charge is 0.360 e. The van der Waals surface area contributed by atoms with Gasteiger partial charge in [0.15, 0.2) is 0 Å². The van der Waals surface area contributed by atoms with Crippen molar-refractivity contribution in [3.63, 3.8) is 0 Å². The summed E-state index contributed by atoms with van der Waals surface area (Å²) in [7, 11) is 0. The van der Waals surface area contributed by atoms with Crippen LogP contribution in [0.15, 0.2) is 48.2 Å². The number of aromatic nitrogens is 1. The summed E-state index contributed by atoms with van der Waals surface area (Å²) in [5.74, 6) is -0.459. The summed E-state index contributed by atoms with van der Waals surface area (Å²) in [4.78, 5) is 15.8. The Morgan fingerprint density at radius 1 is 1.35 bits per heavy atom. The van der Waals surface area contributed by atoms with Crippen molar-refractivity contribution in [2.45, 2.75) is 20.3 Å². The lowest BCUT2D eigenvalue weighted by atomic mass is 10.1. The van der Waals surface area contributed by atoms with Crippen molar-refractivity contribution >= 4 is 40.2 Å². The number of rotatable bonds is 4. The number of aromatic amines is 1. The fourth-order valence-electron chi connectivity index (χ4n) is 2.88. The first kappa shape index (κ1) is 17.8. The molecule has 1 heterocycles. The average Bonchev–Trinajstić information content (AvgIpc) is 3.05. The molecule has 1 aromatic heterocycles. The zero-order valence-electron chi connectivity index (χ0n) is 14.6. The van der Waals surface area contributed by atoms with Crippen LogP contribution in [0.25, 0.3) is 17.0 Å². The predicted molar refractivity (Wildman–Crippen MR) is 106 cm³/mol. The number of nitriles is 1. The van der Waals surface area contributed by atoms with Crippen LogP contribution in [0.4, 0.5) is 5.69 Å². The maximum absolute atomic E-state index is 12.5. The van der Waals surface area contributed by atoms with Crippen LogP contribution in [-0.4, -0.2) is 10.9 Å². The number of hydrogen-bond donors (Lipinski definition) is 2. The number of para-hydroxylation sites is 1. The van der Waals surface area contributed by atoms with Gasteiger partial charge in [0.05, 0.1) is 0 Å². The smallest absolute Gasteiger partial charge is 0.266 e. The van der Waals surface area contributed by atoms with Gasteiger partial charge >= 0.3 is 0 Å². The molecule has 2 N–H and O–H groups in total. The lowest BCUT2D eigenvalue weighted by Crippen LogP contribution is -2.14. The normalized spacial score (nSPS) is 11.4. The van der Waals surface area contributed by atoms with Gasteiger partial charge in [-0.15, -0.1) is 0 Å². The zero-order valence-corrected chi connectivity index (χ0v) is 15.3. The van der Waals surface area contributed by atoms with Crippen LogP contribution in [0.2, 0.25) is 5.02 Å². The second kappa shape index (κ2) is 7.47. The van der Waals surface area contributed by atoms with Crippen molar-refractivity contribution in [1.82, 2.24) is 4.98 Å². The number of halogens is 1.